The molecule has 0 aliphatic carbocycles. The van der Waals surface area contributed by atoms with E-state index in [2.05, 4.69) is 15.9 Å². The quantitative estimate of drug-likeness (QED) is 0.618. The summed E-state index contributed by atoms with van der Waals surface area (Å²) < 4.78 is 18.6. The van der Waals surface area contributed by atoms with E-state index >= 15 is 0 Å². The lowest BCUT2D eigenvalue weighted by Crippen LogP contribution is -2.09. The van der Waals surface area contributed by atoms with Gasteiger partial charge in [0.25, 0.3) is 0 Å². The van der Waals surface area contributed by atoms with Gasteiger partial charge < -0.3 is 4.42 Å². The maximum atomic E-state index is 13.0. The van der Waals surface area contributed by atoms with Crippen molar-refractivity contribution in [2.24, 2.45) is 0 Å². The van der Waals surface area contributed by atoms with E-state index in [1.165, 1.54) is 18.2 Å². The number of hydrogen-bond donors (Lipinski definition) is 0. The number of aryl methyl sites for hydroxylation is 2. The van der Waals surface area contributed by atoms with E-state index in [0.29, 0.717) is 21.6 Å². The van der Waals surface area contributed by atoms with Gasteiger partial charge in [-0.2, -0.15) is 0 Å². The monoisotopic (exact) mass is 338 g/mol. The second-order valence-electron chi connectivity index (χ2n) is 4.47. The normalized spacial score (nSPS) is 10.6. The Balaban J connectivity index is 2.19. The Labute approximate surface area is 123 Å². The zero-order chi connectivity index (χ0) is 14.9. The molecule has 0 atom stereocenters. The van der Waals surface area contributed by atoms with Gasteiger partial charge in [-0.15, -0.1) is 0 Å². The van der Waals surface area contributed by atoms with E-state index in [4.69, 9.17) is 4.42 Å². The fourth-order valence-electron chi connectivity index (χ4n) is 1.96. The molecule has 0 amide bonds. The van der Waals surface area contributed by atoms with Crippen molar-refractivity contribution in [3.63, 3.8) is 0 Å². The summed E-state index contributed by atoms with van der Waals surface area (Å²) in [6.45, 7) is 3.42. The van der Waals surface area contributed by atoms with E-state index in [1.54, 1.807) is 19.9 Å². The number of carbonyl (C=O) groups excluding carboxylic acids is 2. The van der Waals surface area contributed by atoms with Crippen LogP contribution in [0, 0.1) is 19.7 Å². The molecule has 2 rings (SSSR count). The lowest BCUT2D eigenvalue weighted by atomic mass is 10.0. The average molecular weight is 339 g/mol. The molecule has 2 aromatic rings. The Hall–Kier alpha value is -1.75. The van der Waals surface area contributed by atoms with Crippen LogP contribution >= 0.6 is 15.9 Å². The number of halogens is 2. The molecule has 0 radical (unpaired) electrons. The number of hydrogen-bond acceptors (Lipinski definition) is 3. The summed E-state index contributed by atoms with van der Waals surface area (Å²) in [6, 6.07) is 5.37. The highest BCUT2D eigenvalue weighted by Crippen LogP contribution is 2.21. The van der Waals surface area contributed by atoms with Gasteiger partial charge in [-0.1, -0.05) is 0 Å². The molecule has 0 N–H and O–H groups in total. The van der Waals surface area contributed by atoms with Gasteiger partial charge in [-0.3, -0.25) is 9.59 Å². The molecular weight excluding hydrogens is 327 g/mol. The molecule has 0 spiro atoms. The second-order valence-corrected chi connectivity index (χ2v) is 5.33. The number of furan rings is 1. The number of rotatable bonds is 4. The van der Waals surface area contributed by atoms with Crippen molar-refractivity contribution in [3.8, 4) is 0 Å². The minimum Gasteiger partial charge on any atom is -0.466 e. The first-order chi connectivity index (χ1) is 9.38. The van der Waals surface area contributed by atoms with Crippen molar-refractivity contribution >= 4 is 27.5 Å². The van der Waals surface area contributed by atoms with Gasteiger partial charge in [-0.25, -0.2) is 4.39 Å². The van der Waals surface area contributed by atoms with Crippen molar-refractivity contribution in [2.75, 3.05) is 0 Å². The SMILES string of the molecule is Cc1cc(C(=O)CC(=O)c2ccc(F)cc2Br)c(C)o1. The van der Waals surface area contributed by atoms with E-state index < -0.39 is 5.82 Å². The van der Waals surface area contributed by atoms with Crippen LogP contribution in [0.5, 0.6) is 0 Å². The van der Waals surface area contributed by atoms with Crippen LogP contribution in [-0.4, -0.2) is 11.6 Å². The molecule has 20 heavy (non-hydrogen) atoms. The predicted molar refractivity (Wildman–Crippen MR) is 75.6 cm³/mol. The van der Waals surface area contributed by atoms with Gasteiger partial charge in [-0.05, 0) is 54.0 Å². The van der Waals surface area contributed by atoms with Gasteiger partial charge >= 0.3 is 0 Å². The summed E-state index contributed by atoms with van der Waals surface area (Å²) in [4.78, 5) is 24.1. The predicted octanol–water partition coefficient (Wildman–Crippen LogP) is 4.25. The summed E-state index contributed by atoms with van der Waals surface area (Å²) >= 11 is 3.12. The Bertz CT molecular complexity index is 688. The highest BCUT2D eigenvalue weighted by molar-refractivity contribution is 9.10. The second kappa shape index (κ2) is 5.71. The van der Waals surface area contributed by atoms with Gasteiger partial charge in [0.05, 0.1) is 12.0 Å². The summed E-state index contributed by atoms with van der Waals surface area (Å²) in [7, 11) is 0. The first-order valence-corrected chi connectivity index (χ1v) is 6.76. The minimum absolute atomic E-state index is 0.274. The average Bonchev–Trinajstić information content (AvgIpc) is 2.68. The van der Waals surface area contributed by atoms with Crippen LogP contribution in [0.2, 0.25) is 0 Å². The zero-order valence-electron chi connectivity index (χ0n) is 11.0. The van der Waals surface area contributed by atoms with Gasteiger partial charge in [0.15, 0.2) is 11.6 Å². The first kappa shape index (κ1) is 14.7. The Morgan fingerprint density at radius 2 is 1.80 bits per heavy atom. The maximum absolute atomic E-state index is 13.0. The van der Waals surface area contributed by atoms with Crippen LogP contribution in [0.4, 0.5) is 4.39 Å². The van der Waals surface area contributed by atoms with Gasteiger partial charge in [0.2, 0.25) is 0 Å². The van der Waals surface area contributed by atoms with Crippen molar-refractivity contribution in [1.29, 1.82) is 0 Å². The third-order valence-corrected chi connectivity index (χ3v) is 3.55. The topological polar surface area (TPSA) is 47.3 Å². The Kier molecular flexibility index (Phi) is 4.18. The smallest absolute Gasteiger partial charge is 0.174 e. The van der Waals surface area contributed by atoms with Gasteiger partial charge in [0, 0.05) is 10.0 Å². The Morgan fingerprint density at radius 1 is 1.15 bits per heavy atom. The van der Waals surface area contributed by atoms with Crippen LogP contribution in [0.3, 0.4) is 0 Å². The number of Topliss-reactive ketones (excluding diaryl/α,β-unsaturated/α-hetero) is 2. The molecule has 1 heterocycles. The fraction of sp³-hybridized carbons (Fsp3) is 0.200. The first-order valence-electron chi connectivity index (χ1n) is 5.97. The molecular formula is C15H12BrFO3. The maximum Gasteiger partial charge on any atom is 0.174 e. The summed E-state index contributed by atoms with van der Waals surface area (Å²) in [5.74, 6) is 0.0153. The van der Waals surface area contributed by atoms with Crippen LogP contribution in [-0.2, 0) is 0 Å². The van der Waals surface area contributed by atoms with Crippen LogP contribution in [0.1, 0.15) is 38.7 Å². The summed E-state index contributed by atoms with van der Waals surface area (Å²) in [6.07, 6.45) is -0.274. The molecule has 0 aliphatic rings. The zero-order valence-corrected chi connectivity index (χ0v) is 12.6. The highest BCUT2D eigenvalue weighted by Gasteiger charge is 2.19. The van der Waals surface area contributed by atoms with Crippen molar-refractivity contribution in [1.82, 2.24) is 0 Å². The van der Waals surface area contributed by atoms with E-state index in [0.717, 1.165) is 0 Å². The lowest BCUT2D eigenvalue weighted by Gasteiger charge is -2.03. The van der Waals surface area contributed by atoms with Gasteiger partial charge in [0.1, 0.15) is 17.3 Å². The third kappa shape index (κ3) is 3.04. The molecule has 1 aromatic carbocycles. The third-order valence-electron chi connectivity index (χ3n) is 2.89. The molecule has 5 heteroatoms. The summed E-state index contributed by atoms with van der Waals surface area (Å²) in [5.41, 5.74) is 0.701. The van der Waals surface area contributed by atoms with E-state index in [9.17, 15) is 14.0 Å². The Morgan fingerprint density at radius 3 is 2.35 bits per heavy atom. The number of benzene rings is 1. The molecule has 0 bridgehead atoms. The van der Waals surface area contributed by atoms with Crippen molar-refractivity contribution in [2.45, 2.75) is 20.3 Å². The number of carbonyl (C=O) groups is 2. The fourth-order valence-corrected chi connectivity index (χ4v) is 2.53. The number of ketones is 2. The lowest BCUT2D eigenvalue weighted by molar-refractivity contribution is 0.0893. The minimum atomic E-state index is -0.443. The molecule has 0 saturated heterocycles. The molecule has 0 unspecified atom stereocenters. The van der Waals surface area contributed by atoms with E-state index in [1.807, 2.05) is 0 Å². The highest BCUT2D eigenvalue weighted by atomic mass is 79.9. The summed E-state index contributed by atoms with van der Waals surface area (Å²) in [5, 5.41) is 0. The molecule has 1 aromatic heterocycles. The van der Waals surface area contributed by atoms with Crippen LogP contribution in [0.25, 0.3) is 0 Å². The molecule has 0 saturated carbocycles. The van der Waals surface area contributed by atoms with Crippen LogP contribution in [0.15, 0.2) is 33.2 Å². The van der Waals surface area contributed by atoms with Crippen molar-refractivity contribution in [3.05, 3.63) is 57.2 Å². The molecule has 0 aliphatic heterocycles. The standard InChI is InChI=1S/C15H12BrFO3/c1-8-5-12(9(2)20-8)15(19)7-14(18)11-4-3-10(17)6-13(11)16/h3-6H,7H2,1-2H3. The largest absolute Gasteiger partial charge is 0.466 e. The molecule has 3 nitrogen and oxygen atoms in total. The molecule has 104 valence electrons. The van der Waals surface area contributed by atoms with Crippen molar-refractivity contribution < 1.29 is 18.4 Å². The van der Waals surface area contributed by atoms with E-state index in [-0.39, 0.29) is 23.6 Å². The molecule has 0 fully saturated rings. The van der Waals surface area contributed by atoms with Crippen LogP contribution < -0.4 is 0 Å².